The molecule has 0 aliphatic carbocycles. The molecule has 138 valence electrons. The van der Waals surface area contributed by atoms with E-state index >= 15 is 0 Å². The Bertz CT molecular complexity index is 490. The van der Waals surface area contributed by atoms with Crippen LogP contribution in [0.5, 0.6) is 0 Å². The molecule has 0 aliphatic rings. The van der Waals surface area contributed by atoms with Crippen LogP contribution in [0.2, 0.25) is 0 Å². The molecule has 0 saturated heterocycles. The molecule has 0 atom stereocenters. The van der Waals surface area contributed by atoms with E-state index in [9.17, 15) is 4.79 Å². The minimum Gasteiger partial charge on any atom is -0.469 e. The lowest BCUT2D eigenvalue weighted by Crippen LogP contribution is -1.98. The molecule has 0 rings (SSSR count). The van der Waals surface area contributed by atoms with E-state index in [1.165, 1.54) is 7.11 Å². The van der Waals surface area contributed by atoms with Crippen molar-refractivity contribution in [1.29, 1.82) is 0 Å². The number of methoxy groups -OCH3 is 1. The van der Waals surface area contributed by atoms with E-state index in [1.807, 2.05) is 0 Å². The summed E-state index contributed by atoms with van der Waals surface area (Å²) in [6.07, 6.45) is 25.0. The van der Waals surface area contributed by atoms with Gasteiger partial charge >= 0.3 is 5.97 Å². The molecule has 2 nitrogen and oxygen atoms in total. The first-order valence-corrected chi connectivity index (χ1v) is 9.53. The number of halogens is 1. The predicted molar refractivity (Wildman–Crippen MR) is 109 cm³/mol. The van der Waals surface area contributed by atoms with Crippen molar-refractivity contribution in [2.45, 2.75) is 57.8 Å². The predicted octanol–water partition coefficient (Wildman–Crippen LogP) is 6.14. The number of alkyl halides is 1. The lowest BCUT2D eigenvalue weighted by atomic mass is 10.2. The Morgan fingerprint density at radius 1 is 0.880 bits per heavy atom. The average Bonchev–Trinajstić information content (AvgIpc) is 2.63. The summed E-state index contributed by atoms with van der Waals surface area (Å²) in [7, 11) is 1.42. The number of ether oxygens (including phenoxy) is 1. The Morgan fingerprint density at radius 3 is 2.08 bits per heavy atom. The molecule has 25 heavy (non-hydrogen) atoms. The molecule has 0 aromatic heterocycles. The van der Waals surface area contributed by atoms with Crippen LogP contribution in [0.1, 0.15) is 57.8 Å². The quantitative estimate of drug-likeness (QED) is 0.129. The lowest BCUT2D eigenvalue weighted by molar-refractivity contribution is -0.140. The van der Waals surface area contributed by atoms with Gasteiger partial charge in [0.05, 0.1) is 7.11 Å². The standard InChI is InChI=1S/C22H31ClO2/c1-25-22(24)20-18-16-14-12-10-8-6-4-2-3-5-7-9-11-13-15-17-19-21-23/h2-3,6-9,12,14H,4-5,10-11,16-21H2,1H3/b3-2+,8-6+,9-7+,14-12+. The average molecular weight is 363 g/mol. The Labute approximate surface area is 158 Å². The van der Waals surface area contributed by atoms with Gasteiger partial charge in [0.1, 0.15) is 0 Å². The Morgan fingerprint density at radius 2 is 1.48 bits per heavy atom. The zero-order chi connectivity index (χ0) is 18.4. The van der Waals surface area contributed by atoms with Gasteiger partial charge in [0, 0.05) is 25.1 Å². The first-order chi connectivity index (χ1) is 12.3. The van der Waals surface area contributed by atoms with Gasteiger partial charge in [-0.25, -0.2) is 0 Å². The SMILES string of the molecule is COC(=O)CCC/C=C/C/C=C/C/C=C/C/C=C/CC#CCCCCl. The molecule has 0 N–H and O–H groups in total. The molecule has 0 radical (unpaired) electrons. The van der Waals surface area contributed by atoms with E-state index in [1.54, 1.807) is 0 Å². The van der Waals surface area contributed by atoms with Crippen LogP contribution in [0.15, 0.2) is 48.6 Å². The highest BCUT2D eigenvalue weighted by Gasteiger charge is 1.96. The van der Waals surface area contributed by atoms with Crippen LogP contribution >= 0.6 is 11.6 Å². The lowest BCUT2D eigenvalue weighted by Gasteiger charge is -1.95. The fourth-order valence-electron chi connectivity index (χ4n) is 1.86. The number of hydrogen-bond donors (Lipinski definition) is 0. The van der Waals surface area contributed by atoms with Crippen LogP contribution in [0.25, 0.3) is 0 Å². The third-order valence-electron chi connectivity index (χ3n) is 3.24. The highest BCUT2D eigenvalue weighted by Crippen LogP contribution is 2.00. The van der Waals surface area contributed by atoms with Crippen LogP contribution in [-0.4, -0.2) is 19.0 Å². The molecule has 0 heterocycles. The van der Waals surface area contributed by atoms with Gasteiger partial charge < -0.3 is 4.74 Å². The maximum absolute atomic E-state index is 10.9. The molecule has 0 amide bonds. The van der Waals surface area contributed by atoms with Gasteiger partial charge in [0.2, 0.25) is 0 Å². The number of carbonyl (C=O) groups is 1. The molecule has 3 heteroatoms. The van der Waals surface area contributed by atoms with Crippen LogP contribution in [-0.2, 0) is 9.53 Å². The van der Waals surface area contributed by atoms with Gasteiger partial charge in [-0.3, -0.25) is 4.79 Å². The number of hydrogen-bond acceptors (Lipinski definition) is 2. The summed E-state index contributed by atoms with van der Waals surface area (Å²) in [6.45, 7) is 0. The molecule has 0 aromatic rings. The molecule has 0 aromatic carbocycles. The topological polar surface area (TPSA) is 26.3 Å². The maximum atomic E-state index is 10.9. The molecule has 0 fully saturated rings. The third kappa shape index (κ3) is 20.2. The fourth-order valence-corrected chi connectivity index (χ4v) is 1.99. The molecule has 0 aliphatic heterocycles. The van der Waals surface area contributed by atoms with Crippen molar-refractivity contribution in [3.05, 3.63) is 48.6 Å². The van der Waals surface area contributed by atoms with E-state index in [0.717, 1.165) is 51.4 Å². The van der Waals surface area contributed by atoms with Crippen LogP contribution in [0.4, 0.5) is 0 Å². The van der Waals surface area contributed by atoms with E-state index in [2.05, 4.69) is 65.2 Å². The van der Waals surface area contributed by atoms with Gasteiger partial charge in [-0.05, 0) is 38.5 Å². The Balaban J connectivity index is 3.50. The summed E-state index contributed by atoms with van der Waals surface area (Å²) < 4.78 is 4.59. The Kier molecular flexibility index (Phi) is 18.9. The van der Waals surface area contributed by atoms with Gasteiger partial charge in [0.25, 0.3) is 0 Å². The summed E-state index contributed by atoms with van der Waals surface area (Å²) in [5.74, 6) is 6.77. The molecular formula is C22H31ClO2. The van der Waals surface area contributed by atoms with Gasteiger partial charge in [-0.1, -0.05) is 54.5 Å². The minimum atomic E-state index is -0.134. The van der Waals surface area contributed by atoms with Crippen LogP contribution < -0.4 is 0 Å². The van der Waals surface area contributed by atoms with Crippen molar-refractivity contribution in [1.82, 2.24) is 0 Å². The van der Waals surface area contributed by atoms with Gasteiger partial charge in [-0.15, -0.1) is 17.5 Å². The zero-order valence-electron chi connectivity index (χ0n) is 15.4. The highest BCUT2D eigenvalue weighted by atomic mass is 35.5. The molecular weight excluding hydrogens is 332 g/mol. The first-order valence-electron chi connectivity index (χ1n) is 8.99. The van der Waals surface area contributed by atoms with Crippen molar-refractivity contribution in [3.8, 4) is 11.8 Å². The van der Waals surface area contributed by atoms with Crippen molar-refractivity contribution >= 4 is 17.6 Å². The van der Waals surface area contributed by atoms with Crippen molar-refractivity contribution in [2.75, 3.05) is 13.0 Å². The molecule has 0 unspecified atom stereocenters. The smallest absolute Gasteiger partial charge is 0.305 e. The van der Waals surface area contributed by atoms with Crippen LogP contribution in [0.3, 0.4) is 0 Å². The maximum Gasteiger partial charge on any atom is 0.305 e. The second-order valence-corrected chi connectivity index (χ2v) is 5.79. The number of allylic oxidation sites excluding steroid dienone is 8. The first kappa shape index (κ1) is 23.3. The van der Waals surface area contributed by atoms with E-state index in [-0.39, 0.29) is 5.97 Å². The van der Waals surface area contributed by atoms with E-state index in [4.69, 9.17) is 11.6 Å². The molecule has 0 spiro atoms. The normalized spacial score (nSPS) is 11.6. The molecule has 0 bridgehead atoms. The van der Waals surface area contributed by atoms with Gasteiger partial charge in [0.15, 0.2) is 0 Å². The summed E-state index contributed by atoms with van der Waals surface area (Å²) in [4.78, 5) is 10.9. The summed E-state index contributed by atoms with van der Waals surface area (Å²) in [6, 6.07) is 0. The second-order valence-electron chi connectivity index (χ2n) is 5.41. The van der Waals surface area contributed by atoms with Crippen molar-refractivity contribution < 1.29 is 9.53 Å². The second kappa shape index (κ2) is 20.3. The largest absolute Gasteiger partial charge is 0.469 e. The Hall–Kier alpha value is -1.72. The minimum absolute atomic E-state index is 0.134. The summed E-state index contributed by atoms with van der Waals surface area (Å²) in [5.41, 5.74) is 0. The monoisotopic (exact) mass is 362 g/mol. The number of carbonyl (C=O) groups excluding carboxylic acids is 1. The number of esters is 1. The van der Waals surface area contributed by atoms with Crippen molar-refractivity contribution in [2.24, 2.45) is 0 Å². The summed E-state index contributed by atoms with van der Waals surface area (Å²) in [5, 5.41) is 0. The fraction of sp³-hybridized carbons (Fsp3) is 0.500. The third-order valence-corrected chi connectivity index (χ3v) is 3.51. The van der Waals surface area contributed by atoms with Gasteiger partial charge in [-0.2, -0.15) is 0 Å². The summed E-state index contributed by atoms with van der Waals surface area (Å²) >= 11 is 5.58. The van der Waals surface area contributed by atoms with Crippen molar-refractivity contribution in [3.63, 3.8) is 0 Å². The number of rotatable bonds is 13. The molecule has 0 saturated carbocycles. The number of unbranched alkanes of at least 4 members (excludes halogenated alkanes) is 2. The van der Waals surface area contributed by atoms with E-state index < -0.39 is 0 Å². The van der Waals surface area contributed by atoms with E-state index in [0.29, 0.717) is 12.3 Å². The highest BCUT2D eigenvalue weighted by molar-refractivity contribution is 6.17. The zero-order valence-corrected chi connectivity index (χ0v) is 16.1. The van der Waals surface area contributed by atoms with Crippen LogP contribution in [0, 0.1) is 11.8 Å².